The van der Waals surface area contributed by atoms with Crippen LogP contribution in [0.5, 0.6) is 0 Å². The van der Waals surface area contributed by atoms with Crippen molar-refractivity contribution < 1.29 is 4.79 Å². The zero-order valence-corrected chi connectivity index (χ0v) is 11.2. The molecule has 19 heavy (non-hydrogen) atoms. The molecule has 0 bridgehead atoms. The van der Waals surface area contributed by atoms with Crippen LogP contribution < -0.4 is 5.32 Å². The van der Waals surface area contributed by atoms with Gasteiger partial charge in [0.25, 0.3) is 0 Å². The Morgan fingerprint density at radius 2 is 1.74 bits per heavy atom. The second-order valence-corrected chi connectivity index (χ2v) is 4.54. The molecule has 0 fully saturated rings. The van der Waals surface area contributed by atoms with Crippen LogP contribution in [0.4, 0.5) is 5.95 Å². The van der Waals surface area contributed by atoms with Crippen molar-refractivity contribution >= 4 is 11.7 Å². The summed E-state index contributed by atoms with van der Waals surface area (Å²) in [4.78, 5) is 19.3. The lowest BCUT2D eigenvalue weighted by molar-refractivity contribution is -0.116. The summed E-state index contributed by atoms with van der Waals surface area (Å²) in [7, 11) is 0. The van der Waals surface area contributed by atoms with E-state index in [9.17, 15) is 4.79 Å². The van der Waals surface area contributed by atoms with Crippen molar-refractivity contribution in [3.63, 3.8) is 0 Å². The van der Waals surface area contributed by atoms with E-state index in [0.29, 0.717) is 18.9 Å². The number of aromatic nitrogens is 2. The number of Topliss-reactive ketones (excluding diaryl/α,β-unsaturated/α-hetero) is 1. The minimum absolute atomic E-state index is 0.156. The molecular formula is C15H17N3O. The second kappa shape index (κ2) is 6.09. The number of carbonyl (C=O) groups is 1. The highest BCUT2D eigenvalue weighted by molar-refractivity contribution is 5.75. The first-order valence-electron chi connectivity index (χ1n) is 6.27. The number of hydrogen-bond acceptors (Lipinski definition) is 4. The van der Waals surface area contributed by atoms with E-state index in [1.165, 1.54) is 5.56 Å². The van der Waals surface area contributed by atoms with Gasteiger partial charge in [0, 0.05) is 30.9 Å². The molecule has 0 unspecified atom stereocenters. The lowest BCUT2D eigenvalue weighted by Gasteiger charge is -2.05. The molecule has 0 spiro atoms. The molecule has 1 heterocycles. The second-order valence-electron chi connectivity index (χ2n) is 4.54. The van der Waals surface area contributed by atoms with E-state index < -0.39 is 0 Å². The first-order chi connectivity index (χ1) is 9.15. The van der Waals surface area contributed by atoms with Crippen LogP contribution in [0.2, 0.25) is 0 Å². The Labute approximate surface area is 112 Å². The van der Waals surface area contributed by atoms with Crippen LogP contribution in [-0.2, 0) is 4.79 Å². The number of aryl methyl sites for hydroxylation is 1. The normalized spacial score (nSPS) is 10.2. The van der Waals surface area contributed by atoms with Crippen LogP contribution in [0.3, 0.4) is 0 Å². The zero-order chi connectivity index (χ0) is 13.7. The average Bonchev–Trinajstić information content (AvgIpc) is 2.40. The molecule has 1 aromatic heterocycles. The quantitative estimate of drug-likeness (QED) is 0.892. The van der Waals surface area contributed by atoms with Gasteiger partial charge >= 0.3 is 0 Å². The van der Waals surface area contributed by atoms with Gasteiger partial charge in [-0.2, -0.15) is 0 Å². The van der Waals surface area contributed by atoms with Gasteiger partial charge in [0.1, 0.15) is 5.78 Å². The minimum Gasteiger partial charge on any atom is -0.354 e. The maximum absolute atomic E-state index is 10.8. The van der Waals surface area contributed by atoms with Crippen LogP contribution >= 0.6 is 0 Å². The fourth-order valence-corrected chi connectivity index (χ4v) is 1.66. The van der Waals surface area contributed by atoms with E-state index in [2.05, 4.69) is 46.5 Å². The number of hydrogen-bond donors (Lipinski definition) is 1. The minimum atomic E-state index is 0.156. The maximum Gasteiger partial charge on any atom is 0.222 e. The van der Waals surface area contributed by atoms with Crippen molar-refractivity contribution in [2.24, 2.45) is 0 Å². The molecule has 0 aliphatic carbocycles. The third kappa shape index (κ3) is 3.88. The molecular weight excluding hydrogens is 238 g/mol. The van der Waals surface area contributed by atoms with Gasteiger partial charge in [0.15, 0.2) is 0 Å². The predicted octanol–water partition coefficient (Wildman–Crippen LogP) is 2.84. The average molecular weight is 255 g/mol. The van der Waals surface area contributed by atoms with Gasteiger partial charge < -0.3 is 5.32 Å². The number of rotatable bonds is 5. The number of benzene rings is 1. The van der Waals surface area contributed by atoms with Crippen LogP contribution in [0.25, 0.3) is 11.1 Å². The maximum atomic E-state index is 10.8. The van der Waals surface area contributed by atoms with Crippen LogP contribution in [0, 0.1) is 6.92 Å². The standard InChI is InChI=1S/C15H17N3O/c1-11-3-5-13(6-4-11)14-9-17-15(18-10-14)16-8-7-12(2)19/h3-6,9-10H,7-8H2,1-2H3,(H,16,17,18). The number of ketones is 1. The Bertz CT molecular complexity index is 547. The summed E-state index contributed by atoms with van der Waals surface area (Å²) in [5.41, 5.74) is 3.31. The lowest BCUT2D eigenvalue weighted by atomic mass is 10.1. The molecule has 0 radical (unpaired) electrons. The summed E-state index contributed by atoms with van der Waals surface area (Å²) in [6.07, 6.45) is 4.06. The summed E-state index contributed by atoms with van der Waals surface area (Å²) < 4.78 is 0. The molecule has 1 aromatic carbocycles. The molecule has 4 heteroatoms. The van der Waals surface area contributed by atoms with E-state index in [-0.39, 0.29) is 5.78 Å². The van der Waals surface area contributed by atoms with Crippen molar-refractivity contribution in [2.75, 3.05) is 11.9 Å². The van der Waals surface area contributed by atoms with Gasteiger partial charge in [0.2, 0.25) is 5.95 Å². The number of nitrogens with one attached hydrogen (secondary N) is 1. The van der Waals surface area contributed by atoms with E-state index >= 15 is 0 Å². The largest absolute Gasteiger partial charge is 0.354 e. The molecule has 0 saturated heterocycles. The monoisotopic (exact) mass is 255 g/mol. The highest BCUT2D eigenvalue weighted by Gasteiger charge is 2.00. The molecule has 4 nitrogen and oxygen atoms in total. The number of anilines is 1. The van der Waals surface area contributed by atoms with E-state index in [4.69, 9.17) is 0 Å². The molecule has 2 rings (SSSR count). The first-order valence-corrected chi connectivity index (χ1v) is 6.27. The highest BCUT2D eigenvalue weighted by atomic mass is 16.1. The third-order valence-electron chi connectivity index (χ3n) is 2.80. The Balaban J connectivity index is 2.02. The smallest absolute Gasteiger partial charge is 0.222 e. The van der Waals surface area contributed by atoms with Crippen LogP contribution in [0.1, 0.15) is 18.9 Å². The van der Waals surface area contributed by atoms with Gasteiger partial charge in [-0.05, 0) is 19.4 Å². The summed E-state index contributed by atoms with van der Waals surface area (Å²) >= 11 is 0. The molecule has 98 valence electrons. The van der Waals surface area contributed by atoms with Gasteiger partial charge in [-0.1, -0.05) is 29.8 Å². The number of nitrogens with zero attached hydrogens (tertiary/aromatic N) is 2. The van der Waals surface area contributed by atoms with E-state index in [1.54, 1.807) is 19.3 Å². The Hall–Kier alpha value is -2.23. The van der Waals surface area contributed by atoms with Crippen molar-refractivity contribution in [2.45, 2.75) is 20.3 Å². The molecule has 0 aliphatic heterocycles. The summed E-state index contributed by atoms with van der Waals surface area (Å²) in [6, 6.07) is 8.23. The molecule has 0 atom stereocenters. The van der Waals surface area contributed by atoms with E-state index in [1.807, 2.05) is 0 Å². The SMILES string of the molecule is CC(=O)CCNc1ncc(-c2ccc(C)cc2)cn1. The van der Waals surface area contributed by atoms with Crippen LogP contribution in [0.15, 0.2) is 36.7 Å². The number of carbonyl (C=O) groups excluding carboxylic acids is 1. The van der Waals surface area contributed by atoms with Gasteiger partial charge in [-0.25, -0.2) is 9.97 Å². The molecule has 0 saturated carbocycles. The Kier molecular flexibility index (Phi) is 4.23. The van der Waals surface area contributed by atoms with Crippen molar-refractivity contribution in [1.82, 2.24) is 9.97 Å². The summed E-state index contributed by atoms with van der Waals surface area (Å²) in [5, 5.41) is 3.02. The molecule has 0 amide bonds. The first kappa shape index (κ1) is 13.2. The molecule has 0 aliphatic rings. The summed E-state index contributed by atoms with van der Waals surface area (Å²) in [6.45, 7) is 4.20. The van der Waals surface area contributed by atoms with Crippen molar-refractivity contribution in [3.8, 4) is 11.1 Å². The van der Waals surface area contributed by atoms with Crippen LogP contribution in [-0.4, -0.2) is 22.3 Å². The Morgan fingerprint density at radius 3 is 2.32 bits per heavy atom. The van der Waals surface area contributed by atoms with E-state index in [0.717, 1.165) is 11.1 Å². The topological polar surface area (TPSA) is 54.9 Å². The molecule has 2 aromatic rings. The van der Waals surface area contributed by atoms with Gasteiger partial charge in [-0.3, -0.25) is 4.79 Å². The van der Waals surface area contributed by atoms with Crippen molar-refractivity contribution in [3.05, 3.63) is 42.2 Å². The molecule has 1 N–H and O–H groups in total. The Morgan fingerprint density at radius 1 is 1.11 bits per heavy atom. The third-order valence-corrected chi connectivity index (χ3v) is 2.80. The van der Waals surface area contributed by atoms with Gasteiger partial charge in [0.05, 0.1) is 0 Å². The predicted molar refractivity (Wildman–Crippen MR) is 76.0 cm³/mol. The van der Waals surface area contributed by atoms with Gasteiger partial charge in [-0.15, -0.1) is 0 Å². The lowest BCUT2D eigenvalue weighted by Crippen LogP contribution is -2.08. The highest BCUT2D eigenvalue weighted by Crippen LogP contribution is 2.18. The fourth-order valence-electron chi connectivity index (χ4n) is 1.66. The van der Waals surface area contributed by atoms with Crippen molar-refractivity contribution in [1.29, 1.82) is 0 Å². The summed E-state index contributed by atoms with van der Waals surface area (Å²) in [5.74, 6) is 0.709. The zero-order valence-electron chi connectivity index (χ0n) is 11.2. The fraction of sp³-hybridized carbons (Fsp3) is 0.267.